The molecule has 0 spiro atoms. The lowest BCUT2D eigenvalue weighted by atomic mass is 9.92. The summed E-state index contributed by atoms with van der Waals surface area (Å²) in [7, 11) is 0. The van der Waals surface area contributed by atoms with Crippen LogP contribution in [0.3, 0.4) is 0 Å². The molecule has 1 fully saturated rings. The number of rotatable bonds is 2. The summed E-state index contributed by atoms with van der Waals surface area (Å²) in [5, 5.41) is 5.31. The Balaban J connectivity index is 2.31. The highest BCUT2D eigenvalue weighted by atomic mass is 32.1. The van der Waals surface area contributed by atoms with Gasteiger partial charge in [0.1, 0.15) is 5.60 Å². The third-order valence-corrected chi connectivity index (χ3v) is 2.76. The van der Waals surface area contributed by atoms with Crippen molar-refractivity contribution in [1.82, 2.24) is 5.32 Å². The van der Waals surface area contributed by atoms with Gasteiger partial charge in [-0.05, 0) is 58.7 Å². The van der Waals surface area contributed by atoms with E-state index in [9.17, 15) is 4.79 Å². The zero-order valence-electron chi connectivity index (χ0n) is 10.7. The van der Waals surface area contributed by atoms with Crippen LogP contribution in [0.1, 0.15) is 46.5 Å². The van der Waals surface area contributed by atoms with Gasteiger partial charge in [-0.15, -0.1) is 0 Å². The molecule has 0 aromatic heterocycles. The van der Waals surface area contributed by atoms with E-state index in [0.717, 1.165) is 25.7 Å². The molecule has 0 aliphatic heterocycles. The molecule has 0 saturated heterocycles. The molecule has 1 aliphatic rings. The number of nitrogens with one attached hydrogen (secondary N) is 1. The first-order valence-corrected chi connectivity index (χ1v) is 6.38. The molecular weight excluding hydrogens is 236 g/mol. The van der Waals surface area contributed by atoms with E-state index in [0.29, 0.717) is 0 Å². The molecule has 1 rings (SSSR count). The predicted octanol–water partition coefficient (Wildman–Crippen LogP) is 2.93. The van der Waals surface area contributed by atoms with E-state index >= 15 is 0 Å². The first-order valence-electron chi connectivity index (χ1n) is 5.97. The minimum atomic E-state index is -0.442. The lowest BCUT2D eigenvalue weighted by molar-refractivity contribution is 0.0491. The number of carbonyl (C=O) groups excluding carboxylic acids is 1. The lowest BCUT2D eigenvalue weighted by Crippen LogP contribution is -2.41. The Morgan fingerprint density at radius 2 is 1.94 bits per heavy atom. The summed E-state index contributed by atoms with van der Waals surface area (Å²) >= 11 is 4.59. The van der Waals surface area contributed by atoms with Gasteiger partial charge in [0.05, 0.1) is 11.2 Å². The minimum absolute atomic E-state index is 0.196. The maximum absolute atomic E-state index is 11.5. The van der Waals surface area contributed by atoms with Crippen molar-refractivity contribution in [3.8, 4) is 0 Å². The van der Waals surface area contributed by atoms with Crippen LogP contribution in [0, 0.1) is 0 Å². The Kier molecular flexibility index (Phi) is 5.09. The first kappa shape index (κ1) is 14.1. The van der Waals surface area contributed by atoms with Gasteiger partial charge >= 0.3 is 6.09 Å². The number of ether oxygens (including phenoxy) is 1. The SMILES string of the molecule is CC(C)(C)OC(=O)NC1CCC(N=C=S)CC1. The highest BCUT2D eigenvalue weighted by molar-refractivity contribution is 7.78. The predicted molar refractivity (Wildman–Crippen MR) is 70.4 cm³/mol. The van der Waals surface area contributed by atoms with Crippen molar-refractivity contribution < 1.29 is 9.53 Å². The van der Waals surface area contributed by atoms with Gasteiger partial charge in [0.25, 0.3) is 0 Å². The number of carbonyl (C=O) groups is 1. The third kappa shape index (κ3) is 5.80. The van der Waals surface area contributed by atoms with Crippen LogP contribution in [0.15, 0.2) is 4.99 Å². The van der Waals surface area contributed by atoms with Crippen molar-refractivity contribution >= 4 is 23.5 Å². The number of isothiocyanates is 1. The Hall–Kier alpha value is -0.930. The van der Waals surface area contributed by atoms with Gasteiger partial charge in [-0.1, -0.05) is 0 Å². The van der Waals surface area contributed by atoms with Gasteiger partial charge in [0.15, 0.2) is 0 Å². The zero-order valence-corrected chi connectivity index (χ0v) is 11.5. The highest BCUT2D eigenvalue weighted by Gasteiger charge is 2.24. The standard InChI is InChI=1S/C12H20N2O2S/c1-12(2,3)16-11(15)14-10-6-4-9(5-7-10)13-8-17/h9-10H,4-7H2,1-3H3,(H,14,15). The second-order valence-corrected chi connectivity index (χ2v) is 5.55. The van der Waals surface area contributed by atoms with Crippen LogP contribution in [-0.2, 0) is 4.74 Å². The summed E-state index contributed by atoms with van der Waals surface area (Å²) < 4.78 is 5.21. The molecule has 96 valence electrons. The van der Waals surface area contributed by atoms with Gasteiger partial charge in [0.2, 0.25) is 0 Å². The summed E-state index contributed by atoms with van der Waals surface area (Å²) in [5.74, 6) is 0. The second-order valence-electron chi connectivity index (χ2n) is 5.37. The number of hydrogen-bond donors (Lipinski definition) is 1. The van der Waals surface area contributed by atoms with Crippen LogP contribution in [-0.4, -0.2) is 28.9 Å². The molecule has 0 aromatic carbocycles. The molecule has 0 atom stereocenters. The average Bonchev–Trinajstić information content (AvgIpc) is 2.18. The first-order chi connectivity index (χ1) is 7.90. The molecule has 1 amide bonds. The van der Waals surface area contributed by atoms with Gasteiger partial charge in [0, 0.05) is 6.04 Å². The minimum Gasteiger partial charge on any atom is -0.444 e. The fourth-order valence-corrected chi connectivity index (χ4v) is 2.05. The van der Waals surface area contributed by atoms with Crippen molar-refractivity contribution in [1.29, 1.82) is 0 Å². The summed E-state index contributed by atoms with van der Waals surface area (Å²) in [4.78, 5) is 15.6. The maximum Gasteiger partial charge on any atom is 0.407 e. The van der Waals surface area contributed by atoms with Crippen LogP contribution in [0.25, 0.3) is 0 Å². The van der Waals surface area contributed by atoms with Gasteiger partial charge in [-0.3, -0.25) is 0 Å². The van der Waals surface area contributed by atoms with Crippen LogP contribution >= 0.6 is 12.2 Å². The number of amides is 1. The monoisotopic (exact) mass is 256 g/mol. The van der Waals surface area contributed by atoms with Crippen molar-refractivity contribution in [2.75, 3.05) is 0 Å². The van der Waals surface area contributed by atoms with E-state index in [1.165, 1.54) is 0 Å². The smallest absolute Gasteiger partial charge is 0.407 e. The molecule has 0 unspecified atom stereocenters. The van der Waals surface area contributed by atoms with E-state index < -0.39 is 5.60 Å². The summed E-state index contributed by atoms with van der Waals surface area (Å²) in [5.41, 5.74) is -0.442. The van der Waals surface area contributed by atoms with E-state index in [-0.39, 0.29) is 18.2 Å². The average molecular weight is 256 g/mol. The lowest BCUT2D eigenvalue weighted by Gasteiger charge is -2.28. The molecular formula is C12H20N2O2S. The van der Waals surface area contributed by atoms with Gasteiger partial charge < -0.3 is 10.1 Å². The Labute approximate surface area is 108 Å². The van der Waals surface area contributed by atoms with Crippen LogP contribution in [0.4, 0.5) is 4.79 Å². The molecule has 17 heavy (non-hydrogen) atoms. The highest BCUT2D eigenvalue weighted by Crippen LogP contribution is 2.21. The molecule has 0 bridgehead atoms. The van der Waals surface area contributed by atoms with Crippen molar-refractivity contribution in [3.05, 3.63) is 0 Å². The van der Waals surface area contributed by atoms with E-state index in [1.807, 2.05) is 20.8 Å². The summed E-state index contributed by atoms with van der Waals surface area (Å²) in [6, 6.07) is 0.477. The number of nitrogens with zero attached hydrogens (tertiary/aromatic N) is 1. The number of hydrogen-bond acceptors (Lipinski definition) is 4. The topological polar surface area (TPSA) is 50.7 Å². The van der Waals surface area contributed by atoms with Crippen LogP contribution < -0.4 is 5.32 Å². The molecule has 1 saturated carbocycles. The molecule has 1 N–H and O–H groups in total. The Morgan fingerprint density at radius 1 is 1.35 bits per heavy atom. The third-order valence-electron chi connectivity index (χ3n) is 2.65. The molecule has 0 aromatic rings. The quantitative estimate of drug-likeness (QED) is 0.610. The van der Waals surface area contributed by atoms with E-state index in [4.69, 9.17) is 4.74 Å². The summed E-state index contributed by atoms with van der Waals surface area (Å²) in [6.07, 6.45) is 3.41. The van der Waals surface area contributed by atoms with E-state index in [1.54, 1.807) is 0 Å². The van der Waals surface area contributed by atoms with Crippen molar-refractivity contribution in [2.45, 2.75) is 64.1 Å². The molecule has 4 nitrogen and oxygen atoms in total. The number of aliphatic imine (C=N–C) groups is 1. The second kappa shape index (κ2) is 6.12. The van der Waals surface area contributed by atoms with Crippen LogP contribution in [0.5, 0.6) is 0 Å². The largest absolute Gasteiger partial charge is 0.444 e. The molecule has 1 aliphatic carbocycles. The Bertz CT molecular complexity index is 311. The summed E-state index contributed by atoms with van der Waals surface area (Å²) in [6.45, 7) is 5.58. The molecule has 5 heteroatoms. The molecule has 0 heterocycles. The number of alkyl carbamates (subject to hydrolysis) is 1. The fourth-order valence-electron chi connectivity index (χ4n) is 1.90. The van der Waals surface area contributed by atoms with Crippen molar-refractivity contribution in [3.63, 3.8) is 0 Å². The van der Waals surface area contributed by atoms with Gasteiger partial charge in [-0.25, -0.2) is 9.79 Å². The maximum atomic E-state index is 11.5. The normalized spacial score (nSPS) is 24.6. The van der Waals surface area contributed by atoms with Crippen molar-refractivity contribution in [2.24, 2.45) is 4.99 Å². The van der Waals surface area contributed by atoms with Gasteiger partial charge in [-0.2, -0.15) is 0 Å². The Morgan fingerprint density at radius 3 is 2.41 bits per heavy atom. The number of thiocarbonyl (C=S) groups is 1. The fraction of sp³-hybridized carbons (Fsp3) is 0.833. The molecule has 0 radical (unpaired) electrons. The zero-order chi connectivity index (χ0) is 12.9. The van der Waals surface area contributed by atoms with Crippen LogP contribution in [0.2, 0.25) is 0 Å². The van der Waals surface area contributed by atoms with E-state index in [2.05, 4.69) is 27.7 Å².